The van der Waals surface area contributed by atoms with Crippen molar-refractivity contribution in [2.24, 2.45) is 0 Å². The number of carbonyl (C=O) groups is 3. The third-order valence-corrected chi connectivity index (χ3v) is 5.19. The average molecular weight is 474 g/mol. The molecule has 3 atom stereocenters. The van der Waals surface area contributed by atoms with Crippen LogP contribution in [0.4, 0.5) is 4.39 Å². The van der Waals surface area contributed by atoms with Crippen LogP contribution in [0.2, 0.25) is 0 Å². The van der Waals surface area contributed by atoms with Gasteiger partial charge >= 0.3 is 11.9 Å². The fraction of sp³-hybridized carbons (Fsp3) is 0.417. The van der Waals surface area contributed by atoms with Crippen molar-refractivity contribution < 1.29 is 37.7 Å². The zero-order chi connectivity index (χ0) is 24.7. The number of rotatable bonds is 6. The fourth-order valence-electron chi connectivity index (χ4n) is 3.62. The number of nitrogens with zero attached hydrogens (tertiary/aromatic N) is 1. The number of esters is 2. The molecule has 10 heteroatoms. The Morgan fingerprint density at radius 1 is 1.24 bits per heavy atom. The third-order valence-electron chi connectivity index (χ3n) is 5.19. The van der Waals surface area contributed by atoms with Gasteiger partial charge in [0.1, 0.15) is 18.0 Å². The number of nitrogens with one attached hydrogen (secondary N) is 1. The van der Waals surface area contributed by atoms with Gasteiger partial charge in [-0.25, -0.2) is 14.2 Å². The quantitative estimate of drug-likeness (QED) is 0.636. The number of ether oxygens (including phenoxy) is 4. The van der Waals surface area contributed by atoms with E-state index >= 15 is 0 Å². The van der Waals surface area contributed by atoms with Crippen LogP contribution in [-0.4, -0.2) is 54.8 Å². The van der Waals surface area contributed by atoms with Crippen LogP contribution in [0.15, 0.2) is 36.5 Å². The number of methoxy groups -OCH3 is 1. The topological polar surface area (TPSA) is 113 Å². The number of cyclic esters (lactones) is 1. The van der Waals surface area contributed by atoms with E-state index < -0.39 is 30.0 Å². The van der Waals surface area contributed by atoms with Gasteiger partial charge in [-0.05, 0) is 31.0 Å². The summed E-state index contributed by atoms with van der Waals surface area (Å²) < 4.78 is 34.9. The Morgan fingerprint density at radius 3 is 2.65 bits per heavy atom. The minimum absolute atomic E-state index is 0.143. The Morgan fingerprint density at radius 2 is 1.97 bits per heavy atom. The van der Waals surface area contributed by atoms with E-state index in [-0.39, 0.29) is 42.1 Å². The van der Waals surface area contributed by atoms with Crippen LogP contribution in [0.5, 0.6) is 11.5 Å². The van der Waals surface area contributed by atoms with Crippen molar-refractivity contribution >= 4 is 17.8 Å². The first kappa shape index (κ1) is 25.1. The lowest BCUT2D eigenvalue weighted by molar-refractivity contribution is -0.151. The average Bonchev–Trinajstić information content (AvgIpc) is 2.84. The molecule has 9 nitrogen and oxygen atoms in total. The molecule has 1 saturated heterocycles. The summed E-state index contributed by atoms with van der Waals surface area (Å²) in [6, 6.07) is 6.59. The molecule has 0 unspecified atom stereocenters. The van der Waals surface area contributed by atoms with E-state index in [1.807, 2.05) is 0 Å². The Bertz CT molecular complexity index is 1030. The molecule has 0 spiro atoms. The molecule has 34 heavy (non-hydrogen) atoms. The number of benzene rings is 1. The Hall–Kier alpha value is -3.53. The molecule has 0 aliphatic carbocycles. The molecule has 3 rings (SSSR count). The van der Waals surface area contributed by atoms with Gasteiger partial charge in [-0.15, -0.1) is 0 Å². The van der Waals surface area contributed by atoms with Gasteiger partial charge in [0.15, 0.2) is 11.4 Å². The van der Waals surface area contributed by atoms with Crippen molar-refractivity contribution in [3.63, 3.8) is 0 Å². The molecule has 1 aliphatic rings. The lowest BCUT2D eigenvalue weighted by Gasteiger charge is -2.20. The zero-order valence-corrected chi connectivity index (χ0v) is 19.2. The minimum Gasteiger partial charge on any atom is -0.493 e. The Kier molecular flexibility index (Phi) is 8.53. The number of halogens is 1. The summed E-state index contributed by atoms with van der Waals surface area (Å²) >= 11 is 0. The van der Waals surface area contributed by atoms with Crippen LogP contribution in [0.25, 0.3) is 0 Å². The van der Waals surface area contributed by atoms with Crippen molar-refractivity contribution in [2.45, 2.75) is 51.4 Å². The standard InChI is InChI=1S/C24H27FN2O7/c1-14-12-18(13-16-4-6-17(25)7-5-16)32-11-9-19(24(30)33-14)27-23(29)21-22(34-15(2)28)20(31-3)8-10-26-21/h4-8,10,14,18-19H,9,11-13H2,1-3H3,(H,27,29)/t14-,18-,19-/m0/s1. The molecule has 1 aromatic carbocycles. The fourth-order valence-corrected chi connectivity index (χ4v) is 3.62. The molecule has 0 bridgehead atoms. The van der Waals surface area contributed by atoms with Gasteiger partial charge in [-0.2, -0.15) is 0 Å². The third kappa shape index (κ3) is 6.74. The van der Waals surface area contributed by atoms with E-state index in [0.29, 0.717) is 12.8 Å². The molecule has 2 aromatic rings. The lowest BCUT2D eigenvalue weighted by Crippen LogP contribution is -2.43. The highest BCUT2D eigenvalue weighted by molar-refractivity contribution is 5.98. The second kappa shape index (κ2) is 11.6. The van der Waals surface area contributed by atoms with Gasteiger partial charge in [-0.3, -0.25) is 9.59 Å². The van der Waals surface area contributed by atoms with Crippen LogP contribution in [-0.2, 0) is 25.5 Å². The van der Waals surface area contributed by atoms with Crippen molar-refractivity contribution in [3.05, 3.63) is 53.6 Å². The summed E-state index contributed by atoms with van der Waals surface area (Å²) in [5, 5.41) is 2.59. The summed E-state index contributed by atoms with van der Waals surface area (Å²) in [6.45, 7) is 3.11. The van der Waals surface area contributed by atoms with E-state index in [9.17, 15) is 18.8 Å². The second-order valence-electron chi connectivity index (χ2n) is 7.91. The molecule has 1 fully saturated rings. The van der Waals surface area contributed by atoms with E-state index in [2.05, 4.69) is 10.3 Å². The number of pyridine rings is 1. The summed E-state index contributed by atoms with van der Waals surface area (Å²) in [5.74, 6) is -2.31. The summed E-state index contributed by atoms with van der Waals surface area (Å²) in [4.78, 5) is 41.1. The minimum atomic E-state index is -1.00. The number of amides is 1. The molecule has 1 amide bonds. The van der Waals surface area contributed by atoms with Crippen LogP contribution in [0.1, 0.15) is 42.7 Å². The maximum absolute atomic E-state index is 13.2. The van der Waals surface area contributed by atoms with Crippen molar-refractivity contribution in [3.8, 4) is 11.5 Å². The van der Waals surface area contributed by atoms with E-state index in [1.54, 1.807) is 19.1 Å². The highest BCUT2D eigenvalue weighted by atomic mass is 19.1. The highest BCUT2D eigenvalue weighted by Gasteiger charge is 2.30. The van der Waals surface area contributed by atoms with Crippen LogP contribution in [0.3, 0.4) is 0 Å². The van der Waals surface area contributed by atoms with Crippen molar-refractivity contribution in [2.75, 3.05) is 13.7 Å². The lowest BCUT2D eigenvalue weighted by atomic mass is 10.0. The summed E-state index contributed by atoms with van der Waals surface area (Å²) in [7, 11) is 1.36. The maximum Gasteiger partial charge on any atom is 0.329 e. The van der Waals surface area contributed by atoms with E-state index in [1.165, 1.54) is 38.4 Å². The number of aromatic nitrogens is 1. The van der Waals surface area contributed by atoms with Crippen LogP contribution in [0, 0.1) is 5.82 Å². The maximum atomic E-state index is 13.2. The molecule has 0 radical (unpaired) electrons. The first-order valence-electron chi connectivity index (χ1n) is 10.9. The number of hydrogen-bond acceptors (Lipinski definition) is 8. The molecular formula is C24H27FN2O7. The molecule has 1 N–H and O–H groups in total. The second-order valence-corrected chi connectivity index (χ2v) is 7.91. The van der Waals surface area contributed by atoms with Gasteiger partial charge in [0.2, 0.25) is 5.75 Å². The smallest absolute Gasteiger partial charge is 0.329 e. The van der Waals surface area contributed by atoms with Gasteiger partial charge in [0, 0.05) is 38.6 Å². The van der Waals surface area contributed by atoms with Gasteiger partial charge in [0.05, 0.1) is 13.2 Å². The Balaban J connectivity index is 1.71. The van der Waals surface area contributed by atoms with Crippen LogP contribution < -0.4 is 14.8 Å². The predicted octanol–water partition coefficient (Wildman–Crippen LogP) is 2.61. The van der Waals surface area contributed by atoms with E-state index in [0.717, 1.165) is 5.56 Å². The summed E-state index contributed by atoms with van der Waals surface area (Å²) in [6.07, 6.45) is 1.73. The first-order valence-corrected chi connectivity index (χ1v) is 10.9. The molecule has 182 valence electrons. The SMILES string of the molecule is COc1ccnc(C(=O)N[C@H]2CCO[C@H](Cc3ccc(F)cc3)C[C@H](C)OC2=O)c1OC(C)=O. The van der Waals surface area contributed by atoms with E-state index in [4.69, 9.17) is 18.9 Å². The monoisotopic (exact) mass is 474 g/mol. The molecule has 2 heterocycles. The first-order chi connectivity index (χ1) is 16.3. The molecule has 1 aliphatic heterocycles. The zero-order valence-electron chi connectivity index (χ0n) is 19.2. The highest BCUT2D eigenvalue weighted by Crippen LogP contribution is 2.30. The van der Waals surface area contributed by atoms with Crippen LogP contribution >= 0.6 is 0 Å². The predicted molar refractivity (Wildman–Crippen MR) is 118 cm³/mol. The Labute approximate surface area is 196 Å². The molecule has 1 aromatic heterocycles. The van der Waals surface area contributed by atoms with Crippen molar-refractivity contribution in [1.29, 1.82) is 0 Å². The van der Waals surface area contributed by atoms with Gasteiger partial charge in [-0.1, -0.05) is 12.1 Å². The van der Waals surface area contributed by atoms with Gasteiger partial charge in [0.25, 0.3) is 5.91 Å². The normalized spacial score (nSPS) is 20.8. The molecular weight excluding hydrogens is 447 g/mol. The number of hydrogen-bond donors (Lipinski definition) is 1. The summed E-state index contributed by atoms with van der Waals surface area (Å²) in [5.41, 5.74) is 0.696. The van der Waals surface area contributed by atoms with Gasteiger partial charge < -0.3 is 24.3 Å². The number of carbonyl (C=O) groups excluding carboxylic acids is 3. The molecule has 0 saturated carbocycles. The van der Waals surface area contributed by atoms with Crippen molar-refractivity contribution in [1.82, 2.24) is 10.3 Å². The largest absolute Gasteiger partial charge is 0.493 e.